The van der Waals surface area contributed by atoms with E-state index in [4.69, 9.17) is 5.11 Å². The molecule has 0 saturated heterocycles. The van der Waals surface area contributed by atoms with E-state index in [1.54, 1.807) is 12.1 Å². The van der Waals surface area contributed by atoms with Crippen molar-refractivity contribution in [2.45, 2.75) is 24.6 Å². The van der Waals surface area contributed by atoms with Crippen molar-refractivity contribution in [3.8, 4) is 11.8 Å². The van der Waals surface area contributed by atoms with Crippen molar-refractivity contribution in [3.63, 3.8) is 0 Å². The van der Waals surface area contributed by atoms with Gasteiger partial charge in [0.1, 0.15) is 12.1 Å². The van der Waals surface area contributed by atoms with Crippen LogP contribution in [0.4, 0.5) is 13.2 Å². The van der Waals surface area contributed by atoms with Gasteiger partial charge in [-0.15, -0.1) is 0 Å². The Morgan fingerprint density at radius 3 is 2.55 bits per heavy atom. The lowest BCUT2D eigenvalue weighted by Gasteiger charge is -2.21. The van der Waals surface area contributed by atoms with Crippen molar-refractivity contribution in [3.05, 3.63) is 35.4 Å². The van der Waals surface area contributed by atoms with Crippen LogP contribution in [0.1, 0.15) is 28.8 Å². The lowest BCUT2D eigenvalue weighted by atomic mass is 10.1. The van der Waals surface area contributed by atoms with Gasteiger partial charge in [0.15, 0.2) is 0 Å². The molecule has 0 radical (unpaired) electrons. The predicted octanol–water partition coefficient (Wildman–Crippen LogP) is 1.86. The SMILES string of the molecule is O=C(NC1(C(F)(F)F)CC1)c1ccccc1C#CCO. The van der Waals surface area contributed by atoms with Crippen molar-refractivity contribution in [1.29, 1.82) is 0 Å². The maximum absolute atomic E-state index is 12.8. The van der Waals surface area contributed by atoms with Crippen molar-refractivity contribution < 1.29 is 23.1 Å². The van der Waals surface area contributed by atoms with Gasteiger partial charge < -0.3 is 10.4 Å². The number of hydrogen-bond donors (Lipinski definition) is 2. The molecular formula is C14H12F3NO2. The zero-order chi connectivity index (χ0) is 14.8. The first-order valence-electron chi connectivity index (χ1n) is 5.98. The Kier molecular flexibility index (Phi) is 3.73. The smallest absolute Gasteiger partial charge is 0.384 e. The van der Waals surface area contributed by atoms with E-state index in [0.29, 0.717) is 0 Å². The molecule has 0 spiro atoms. The van der Waals surface area contributed by atoms with Crippen LogP contribution in [0.15, 0.2) is 24.3 Å². The summed E-state index contributed by atoms with van der Waals surface area (Å²) in [6, 6.07) is 6.09. The first kappa shape index (κ1) is 14.4. The summed E-state index contributed by atoms with van der Waals surface area (Å²) in [5, 5.41) is 10.7. The molecule has 106 valence electrons. The van der Waals surface area contributed by atoms with E-state index in [9.17, 15) is 18.0 Å². The molecule has 1 saturated carbocycles. The Morgan fingerprint density at radius 1 is 1.35 bits per heavy atom. The van der Waals surface area contributed by atoms with E-state index in [0.717, 1.165) is 0 Å². The van der Waals surface area contributed by atoms with Crippen LogP contribution in [0.3, 0.4) is 0 Å². The molecule has 2 rings (SSSR count). The first-order valence-corrected chi connectivity index (χ1v) is 5.98. The van der Waals surface area contributed by atoms with Crippen LogP contribution in [-0.2, 0) is 0 Å². The predicted molar refractivity (Wildman–Crippen MR) is 65.9 cm³/mol. The summed E-state index contributed by atoms with van der Waals surface area (Å²) in [6.07, 6.45) is -4.66. The highest BCUT2D eigenvalue weighted by Crippen LogP contribution is 2.49. The molecule has 0 bridgehead atoms. The quantitative estimate of drug-likeness (QED) is 0.814. The molecule has 0 aromatic heterocycles. The van der Waals surface area contributed by atoms with Crippen LogP contribution in [0.25, 0.3) is 0 Å². The van der Waals surface area contributed by atoms with Crippen molar-refractivity contribution in [2.75, 3.05) is 6.61 Å². The highest BCUT2D eigenvalue weighted by Gasteiger charge is 2.64. The third-order valence-electron chi connectivity index (χ3n) is 3.12. The number of aliphatic hydroxyl groups is 1. The van der Waals surface area contributed by atoms with Gasteiger partial charge in [0.05, 0.1) is 5.56 Å². The second-order valence-electron chi connectivity index (χ2n) is 4.54. The van der Waals surface area contributed by atoms with Crippen LogP contribution in [0.5, 0.6) is 0 Å². The molecule has 3 nitrogen and oxygen atoms in total. The Labute approximate surface area is 113 Å². The number of carbonyl (C=O) groups is 1. The zero-order valence-corrected chi connectivity index (χ0v) is 10.4. The monoisotopic (exact) mass is 283 g/mol. The molecule has 0 unspecified atom stereocenters. The van der Waals surface area contributed by atoms with Gasteiger partial charge in [0.2, 0.25) is 0 Å². The van der Waals surface area contributed by atoms with Crippen molar-refractivity contribution in [1.82, 2.24) is 5.32 Å². The topological polar surface area (TPSA) is 49.3 Å². The van der Waals surface area contributed by atoms with E-state index in [2.05, 4.69) is 11.8 Å². The summed E-state index contributed by atoms with van der Waals surface area (Å²) in [5.74, 6) is 4.12. The number of aliphatic hydroxyl groups excluding tert-OH is 1. The third-order valence-corrected chi connectivity index (χ3v) is 3.12. The normalized spacial score (nSPS) is 16.0. The third kappa shape index (κ3) is 2.78. The highest BCUT2D eigenvalue weighted by atomic mass is 19.4. The number of nitrogens with one attached hydrogen (secondary N) is 1. The number of halogens is 3. The Morgan fingerprint density at radius 2 is 2.00 bits per heavy atom. The Bertz CT molecular complexity index is 580. The summed E-state index contributed by atoms with van der Waals surface area (Å²) < 4.78 is 38.4. The summed E-state index contributed by atoms with van der Waals surface area (Å²) in [7, 11) is 0. The minimum absolute atomic E-state index is 0.0731. The fraction of sp³-hybridized carbons (Fsp3) is 0.357. The average molecular weight is 283 g/mol. The lowest BCUT2D eigenvalue weighted by Crippen LogP contribution is -2.48. The number of amides is 1. The standard InChI is InChI=1S/C14H12F3NO2/c15-14(16,17)13(7-8-13)18-12(20)11-6-2-1-4-10(11)5-3-9-19/h1-2,4,6,19H,7-9H2,(H,18,20). The maximum atomic E-state index is 12.8. The van der Waals surface area contributed by atoms with Crippen LogP contribution < -0.4 is 5.32 Å². The second kappa shape index (κ2) is 5.17. The van der Waals surface area contributed by atoms with Gasteiger partial charge in [0.25, 0.3) is 5.91 Å². The van der Waals surface area contributed by atoms with Gasteiger partial charge in [-0.3, -0.25) is 4.79 Å². The van der Waals surface area contributed by atoms with E-state index >= 15 is 0 Å². The number of alkyl halides is 3. The molecule has 0 aliphatic heterocycles. The van der Waals surface area contributed by atoms with E-state index in [-0.39, 0.29) is 30.6 Å². The fourth-order valence-electron chi connectivity index (χ4n) is 1.81. The summed E-state index contributed by atoms with van der Waals surface area (Å²) in [6.45, 7) is -0.386. The van der Waals surface area contributed by atoms with Gasteiger partial charge >= 0.3 is 6.18 Å². The minimum Gasteiger partial charge on any atom is -0.384 e. The van der Waals surface area contributed by atoms with E-state index < -0.39 is 17.6 Å². The number of benzene rings is 1. The molecule has 2 N–H and O–H groups in total. The molecule has 1 aliphatic carbocycles. The lowest BCUT2D eigenvalue weighted by molar-refractivity contribution is -0.163. The number of rotatable bonds is 2. The summed E-state index contributed by atoms with van der Waals surface area (Å²) in [4.78, 5) is 12.0. The van der Waals surface area contributed by atoms with Gasteiger partial charge in [0, 0.05) is 5.56 Å². The summed E-state index contributed by atoms with van der Waals surface area (Å²) in [5.41, 5.74) is -1.73. The van der Waals surface area contributed by atoms with Crippen LogP contribution in [0, 0.1) is 11.8 Å². The Hall–Kier alpha value is -2.00. The first-order chi connectivity index (χ1) is 9.39. The molecule has 1 aromatic rings. The van der Waals surface area contributed by atoms with E-state index in [1.165, 1.54) is 12.1 Å². The minimum atomic E-state index is -4.45. The molecular weight excluding hydrogens is 271 g/mol. The van der Waals surface area contributed by atoms with Gasteiger partial charge in [-0.25, -0.2) is 0 Å². The Balaban J connectivity index is 2.23. The number of hydrogen-bond acceptors (Lipinski definition) is 2. The van der Waals surface area contributed by atoms with Gasteiger partial charge in [-0.05, 0) is 25.0 Å². The largest absolute Gasteiger partial charge is 0.411 e. The fourth-order valence-corrected chi connectivity index (χ4v) is 1.81. The molecule has 0 heterocycles. The van der Waals surface area contributed by atoms with E-state index in [1.807, 2.05) is 5.32 Å². The molecule has 1 aromatic carbocycles. The molecule has 20 heavy (non-hydrogen) atoms. The molecule has 6 heteroatoms. The molecule has 0 atom stereocenters. The van der Waals surface area contributed by atoms with Crippen LogP contribution in [-0.4, -0.2) is 29.3 Å². The molecule has 1 aliphatic rings. The van der Waals surface area contributed by atoms with Crippen LogP contribution in [0.2, 0.25) is 0 Å². The van der Waals surface area contributed by atoms with Crippen LogP contribution >= 0.6 is 0 Å². The molecule has 1 amide bonds. The van der Waals surface area contributed by atoms with Crippen molar-refractivity contribution in [2.24, 2.45) is 0 Å². The highest BCUT2D eigenvalue weighted by molar-refractivity contribution is 5.97. The summed E-state index contributed by atoms with van der Waals surface area (Å²) >= 11 is 0. The number of carbonyl (C=O) groups excluding carboxylic acids is 1. The zero-order valence-electron chi connectivity index (χ0n) is 10.4. The van der Waals surface area contributed by atoms with Gasteiger partial charge in [-0.2, -0.15) is 13.2 Å². The van der Waals surface area contributed by atoms with Gasteiger partial charge in [-0.1, -0.05) is 24.0 Å². The maximum Gasteiger partial charge on any atom is 0.411 e. The average Bonchev–Trinajstić information content (AvgIpc) is 3.17. The van der Waals surface area contributed by atoms with Crippen molar-refractivity contribution >= 4 is 5.91 Å². The second-order valence-corrected chi connectivity index (χ2v) is 4.54. The molecule has 1 fully saturated rings.